The second-order valence-corrected chi connectivity index (χ2v) is 6.08. The molecule has 0 bridgehead atoms. The summed E-state index contributed by atoms with van der Waals surface area (Å²) < 4.78 is 16.3. The predicted molar refractivity (Wildman–Crippen MR) is 92.1 cm³/mol. The van der Waals surface area contributed by atoms with E-state index in [4.69, 9.17) is 13.9 Å². The highest BCUT2D eigenvalue weighted by Gasteiger charge is 2.26. The summed E-state index contributed by atoms with van der Waals surface area (Å²) in [5, 5.41) is 16.9. The SMILES string of the molecule is CCNC(=NCC(C)(O)c1ccco1)NCCCOC1CCOC1. The van der Waals surface area contributed by atoms with Gasteiger partial charge in [-0.25, -0.2) is 4.99 Å². The fraction of sp³-hybridized carbons (Fsp3) is 0.706. The Kier molecular flexibility index (Phi) is 7.55. The normalized spacial score (nSPS) is 20.8. The summed E-state index contributed by atoms with van der Waals surface area (Å²) in [7, 11) is 0. The summed E-state index contributed by atoms with van der Waals surface area (Å²) in [6.45, 7) is 7.62. The maximum absolute atomic E-state index is 10.4. The smallest absolute Gasteiger partial charge is 0.191 e. The molecule has 0 radical (unpaired) electrons. The van der Waals surface area contributed by atoms with Crippen LogP contribution in [0.15, 0.2) is 27.8 Å². The Balaban J connectivity index is 1.71. The van der Waals surface area contributed by atoms with E-state index < -0.39 is 5.60 Å². The molecule has 0 aromatic carbocycles. The summed E-state index contributed by atoms with van der Waals surface area (Å²) in [6.07, 6.45) is 3.66. The van der Waals surface area contributed by atoms with Gasteiger partial charge in [-0.3, -0.25) is 0 Å². The van der Waals surface area contributed by atoms with E-state index in [1.165, 1.54) is 0 Å². The van der Waals surface area contributed by atoms with Crippen molar-refractivity contribution in [3.63, 3.8) is 0 Å². The van der Waals surface area contributed by atoms with Crippen LogP contribution in [0.2, 0.25) is 0 Å². The van der Waals surface area contributed by atoms with Crippen LogP contribution in [0.1, 0.15) is 32.4 Å². The molecule has 7 heteroatoms. The van der Waals surface area contributed by atoms with Crippen molar-refractivity contribution in [3.8, 4) is 0 Å². The minimum atomic E-state index is -1.13. The molecular weight excluding hydrogens is 310 g/mol. The van der Waals surface area contributed by atoms with Gasteiger partial charge in [0, 0.05) is 26.3 Å². The van der Waals surface area contributed by atoms with Gasteiger partial charge in [-0.1, -0.05) is 0 Å². The van der Waals surface area contributed by atoms with Gasteiger partial charge in [-0.15, -0.1) is 0 Å². The van der Waals surface area contributed by atoms with Crippen LogP contribution in [-0.4, -0.2) is 56.6 Å². The van der Waals surface area contributed by atoms with E-state index in [0.717, 1.165) is 32.5 Å². The molecule has 1 fully saturated rings. The van der Waals surface area contributed by atoms with Gasteiger partial charge in [0.2, 0.25) is 0 Å². The lowest BCUT2D eigenvalue weighted by Crippen LogP contribution is -2.39. The van der Waals surface area contributed by atoms with Crippen molar-refractivity contribution in [2.45, 2.75) is 38.4 Å². The van der Waals surface area contributed by atoms with E-state index in [2.05, 4.69) is 15.6 Å². The molecule has 1 aromatic heterocycles. The number of hydrogen-bond donors (Lipinski definition) is 3. The summed E-state index contributed by atoms with van der Waals surface area (Å²) in [5.74, 6) is 1.18. The number of ether oxygens (including phenoxy) is 2. The largest absolute Gasteiger partial charge is 0.466 e. The lowest BCUT2D eigenvalue weighted by molar-refractivity contribution is 0.0417. The number of hydrogen-bond acceptors (Lipinski definition) is 5. The third-order valence-corrected chi connectivity index (χ3v) is 3.80. The maximum Gasteiger partial charge on any atom is 0.191 e. The standard InChI is InChI=1S/C17H29N3O4/c1-3-18-16(19-8-5-10-23-14-7-11-22-12-14)20-13-17(2,21)15-6-4-9-24-15/h4,6,9,14,21H,3,5,7-8,10-13H2,1-2H3,(H2,18,19,20). The zero-order valence-electron chi connectivity index (χ0n) is 14.6. The fourth-order valence-electron chi connectivity index (χ4n) is 2.41. The molecule has 24 heavy (non-hydrogen) atoms. The summed E-state index contributed by atoms with van der Waals surface area (Å²) in [5.41, 5.74) is -1.13. The summed E-state index contributed by atoms with van der Waals surface area (Å²) in [4.78, 5) is 4.44. The topological polar surface area (TPSA) is 88.3 Å². The summed E-state index contributed by atoms with van der Waals surface area (Å²) >= 11 is 0. The Morgan fingerprint density at radius 3 is 3.04 bits per heavy atom. The molecule has 1 saturated heterocycles. The molecule has 2 heterocycles. The van der Waals surface area contributed by atoms with E-state index in [9.17, 15) is 5.11 Å². The van der Waals surface area contributed by atoms with E-state index in [1.807, 2.05) is 6.92 Å². The molecule has 0 saturated carbocycles. The van der Waals surface area contributed by atoms with Crippen molar-refractivity contribution in [1.29, 1.82) is 0 Å². The van der Waals surface area contributed by atoms with Crippen LogP contribution in [0.3, 0.4) is 0 Å². The van der Waals surface area contributed by atoms with Crippen LogP contribution in [0.4, 0.5) is 0 Å². The average Bonchev–Trinajstić information content (AvgIpc) is 3.25. The Bertz CT molecular complexity index is 482. The molecular formula is C17H29N3O4. The molecule has 0 amide bonds. The van der Waals surface area contributed by atoms with Gasteiger partial charge in [-0.05, 0) is 38.8 Å². The quantitative estimate of drug-likeness (QED) is 0.356. The van der Waals surface area contributed by atoms with Crippen molar-refractivity contribution in [2.24, 2.45) is 4.99 Å². The van der Waals surface area contributed by atoms with Crippen molar-refractivity contribution >= 4 is 5.96 Å². The van der Waals surface area contributed by atoms with E-state index in [-0.39, 0.29) is 12.6 Å². The minimum absolute atomic E-state index is 0.214. The van der Waals surface area contributed by atoms with Crippen molar-refractivity contribution < 1.29 is 19.0 Å². The van der Waals surface area contributed by atoms with Crippen LogP contribution in [0.5, 0.6) is 0 Å². The molecule has 7 nitrogen and oxygen atoms in total. The molecule has 1 aliphatic heterocycles. The Labute approximate surface area is 143 Å². The molecule has 2 rings (SSSR count). The highest BCUT2D eigenvalue weighted by atomic mass is 16.5. The van der Waals surface area contributed by atoms with Crippen LogP contribution in [0, 0.1) is 0 Å². The first-order valence-corrected chi connectivity index (χ1v) is 8.59. The number of nitrogens with zero attached hydrogens (tertiary/aromatic N) is 1. The molecule has 136 valence electrons. The molecule has 1 aliphatic rings. The van der Waals surface area contributed by atoms with E-state index >= 15 is 0 Å². The van der Waals surface area contributed by atoms with E-state index in [0.29, 0.717) is 24.9 Å². The zero-order chi connectivity index (χ0) is 17.3. The van der Waals surface area contributed by atoms with Crippen LogP contribution in [0.25, 0.3) is 0 Å². The van der Waals surface area contributed by atoms with Crippen LogP contribution in [-0.2, 0) is 15.1 Å². The molecule has 0 spiro atoms. The number of furan rings is 1. The van der Waals surface area contributed by atoms with Crippen LogP contribution >= 0.6 is 0 Å². The molecule has 1 aromatic rings. The Hall–Kier alpha value is -1.57. The lowest BCUT2D eigenvalue weighted by Gasteiger charge is -2.19. The zero-order valence-corrected chi connectivity index (χ0v) is 14.6. The number of rotatable bonds is 9. The van der Waals surface area contributed by atoms with Gasteiger partial charge >= 0.3 is 0 Å². The van der Waals surface area contributed by atoms with Crippen LogP contribution < -0.4 is 10.6 Å². The number of aliphatic hydroxyl groups is 1. The number of guanidine groups is 1. The maximum atomic E-state index is 10.4. The second kappa shape index (κ2) is 9.66. The summed E-state index contributed by atoms with van der Waals surface area (Å²) in [6, 6.07) is 3.51. The van der Waals surface area contributed by atoms with Gasteiger partial charge in [-0.2, -0.15) is 0 Å². The Morgan fingerprint density at radius 2 is 2.38 bits per heavy atom. The first-order valence-electron chi connectivity index (χ1n) is 8.59. The predicted octanol–water partition coefficient (Wildman–Crippen LogP) is 1.24. The number of nitrogens with one attached hydrogen (secondary N) is 2. The van der Waals surface area contributed by atoms with Crippen molar-refractivity contribution in [2.75, 3.05) is 39.5 Å². The van der Waals surface area contributed by atoms with Gasteiger partial charge < -0.3 is 29.6 Å². The average molecular weight is 339 g/mol. The van der Waals surface area contributed by atoms with Gasteiger partial charge in [0.05, 0.1) is 25.5 Å². The highest BCUT2D eigenvalue weighted by molar-refractivity contribution is 5.79. The van der Waals surface area contributed by atoms with Gasteiger partial charge in [0.1, 0.15) is 11.4 Å². The third-order valence-electron chi connectivity index (χ3n) is 3.80. The number of aliphatic imine (C=N–C) groups is 1. The van der Waals surface area contributed by atoms with E-state index in [1.54, 1.807) is 25.3 Å². The monoisotopic (exact) mass is 339 g/mol. The third kappa shape index (κ3) is 6.14. The van der Waals surface area contributed by atoms with Gasteiger partial charge in [0.25, 0.3) is 0 Å². The second-order valence-electron chi connectivity index (χ2n) is 6.08. The fourth-order valence-corrected chi connectivity index (χ4v) is 2.41. The molecule has 2 unspecified atom stereocenters. The molecule has 2 atom stereocenters. The molecule has 3 N–H and O–H groups in total. The molecule has 0 aliphatic carbocycles. The first kappa shape index (κ1) is 18.8. The van der Waals surface area contributed by atoms with Gasteiger partial charge in [0.15, 0.2) is 5.96 Å². The first-order chi connectivity index (χ1) is 11.6. The Morgan fingerprint density at radius 1 is 1.50 bits per heavy atom. The highest BCUT2D eigenvalue weighted by Crippen LogP contribution is 2.20. The van der Waals surface area contributed by atoms with Crippen molar-refractivity contribution in [3.05, 3.63) is 24.2 Å². The lowest BCUT2D eigenvalue weighted by atomic mass is 10.0. The minimum Gasteiger partial charge on any atom is -0.466 e. The van der Waals surface area contributed by atoms with Crippen molar-refractivity contribution in [1.82, 2.24) is 10.6 Å².